The van der Waals surface area contributed by atoms with Gasteiger partial charge in [0.15, 0.2) is 0 Å². The van der Waals surface area contributed by atoms with Gasteiger partial charge in [-0.1, -0.05) is 23.2 Å². The number of hydrogen-bond donors (Lipinski definition) is 2. The van der Waals surface area contributed by atoms with Gasteiger partial charge in [0.25, 0.3) is 5.91 Å². The Bertz CT molecular complexity index is 451. The van der Waals surface area contributed by atoms with Gasteiger partial charge in [-0.15, -0.1) is 0 Å². The quantitative estimate of drug-likeness (QED) is 0.784. The smallest absolute Gasteiger partial charge is 0.329 e. The van der Waals surface area contributed by atoms with Crippen LogP contribution < -0.4 is 5.32 Å². The molecule has 0 saturated heterocycles. The number of benzene rings is 1. The summed E-state index contributed by atoms with van der Waals surface area (Å²) >= 11 is 11.5. The van der Waals surface area contributed by atoms with E-state index in [4.69, 9.17) is 33.0 Å². The Kier molecular flexibility index (Phi) is 5.91. The largest absolute Gasteiger partial charge is 0.480 e. The number of nitrogens with one attached hydrogen (secondary N) is 1. The lowest BCUT2D eigenvalue weighted by molar-refractivity contribution is -0.142. The molecule has 1 aromatic rings. The van der Waals surface area contributed by atoms with Crippen LogP contribution in [0.4, 0.5) is 0 Å². The maximum absolute atomic E-state index is 11.6. The van der Waals surface area contributed by atoms with Crippen molar-refractivity contribution in [3.8, 4) is 0 Å². The summed E-state index contributed by atoms with van der Waals surface area (Å²) in [6.07, 6.45) is 0. The predicted octanol–water partition coefficient (Wildman–Crippen LogP) is 1.82. The number of amides is 1. The van der Waals surface area contributed by atoms with Gasteiger partial charge in [-0.25, -0.2) is 4.79 Å². The summed E-state index contributed by atoms with van der Waals surface area (Å²) in [7, 11) is 0. The van der Waals surface area contributed by atoms with Crippen LogP contribution in [-0.4, -0.2) is 36.7 Å². The second kappa shape index (κ2) is 7.20. The lowest BCUT2D eigenvalue weighted by Crippen LogP contribution is -2.27. The minimum Gasteiger partial charge on any atom is -0.480 e. The topological polar surface area (TPSA) is 75.6 Å². The van der Waals surface area contributed by atoms with Crippen molar-refractivity contribution in [1.29, 1.82) is 0 Å². The molecule has 0 saturated carbocycles. The first-order valence-corrected chi connectivity index (χ1v) is 5.79. The minimum absolute atomic E-state index is 0.124. The average Bonchev–Trinajstić information content (AvgIpc) is 2.31. The Morgan fingerprint density at radius 1 is 1.28 bits per heavy atom. The molecule has 0 atom stereocenters. The van der Waals surface area contributed by atoms with Crippen molar-refractivity contribution in [2.75, 3.05) is 19.8 Å². The van der Waals surface area contributed by atoms with Crippen LogP contribution in [-0.2, 0) is 9.53 Å². The van der Waals surface area contributed by atoms with Gasteiger partial charge in [-0.05, 0) is 18.2 Å². The van der Waals surface area contributed by atoms with Crippen LogP contribution in [0.3, 0.4) is 0 Å². The third-order valence-electron chi connectivity index (χ3n) is 1.94. The molecular formula is C11H11Cl2NO4. The van der Waals surface area contributed by atoms with E-state index < -0.39 is 5.97 Å². The summed E-state index contributed by atoms with van der Waals surface area (Å²) in [5.41, 5.74) is 0.377. The van der Waals surface area contributed by atoms with Gasteiger partial charge in [0.05, 0.1) is 16.7 Å². The second-order valence-corrected chi connectivity index (χ2v) is 4.15. The monoisotopic (exact) mass is 291 g/mol. The number of hydrogen-bond acceptors (Lipinski definition) is 3. The van der Waals surface area contributed by atoms with E-state index in [1.807, 2.05) is 0 Å². The van der Waals surface area contributed by atoms with E-state index in [2.05, 4.69) is 5.32 Å². The molecule has 0 bridgehead atoms. The fourth-order valence-electron chi connectivity index (χ4n) is 1.14. The number of carboxylic acids is 1. The third kappa shape index (κ3) is 4.91. The first-order chi connectivity index (χ1) is 8.50. The minimum atomic E-state index is -1.05. The number of carbonyl (C=O) groups excluding carboxylic acids is 1. The van der Waals surface area contributed by atoms with Crippen molar-refractivity contribution >= 4 is 35.1 Å². The number of ether oxygens (including phenoxy) is 1. The molecule has 0 spiro atoms. The van der Waals surface area contributed by atoms with Gasteiger partial charge in [0.1, 0.15) is 6.61 Å². The van der Waals surface area contributed by atoms with Crippen molar-refractivity contribution in [2.24, 2.45) is 0 Å². The fraction of sp³-hybridized carbons (Fsp3) is 0.273. The molecule has 18 heavy (non-hydrogen) atoms. The van der Waals surface area contributed by atoms with E-state index in [9.17, 15) is 9.59 Å². The molecule has 0 radical (unpaired) electrons. The first kappa shape index (κ1) is 14.8. The van der Waals surface area contributed by atoms with Crippen LogP contribution >= 0.6 is 23.2 Å². The number of carboxylic acid groups (broad SMARTS) is 1. The van der Waals surface area contributed by atoms with E-state index in [1.165, 1.54) is 12.1 Å². The summed E-state index contributed by atoms with van der Waals surface area (Å²) in [6.45, 7) is -0.0473. The molecule has 5 nitrogen and oxygen atoms in total. The van der Waals surface area contributed by atoms with Crippen LogP contribution in [0, 0.1) is 0 Å². The van der Waals surface area contributed by atoms with Crippen LogP contribution in [0.15, 0.2) is 18.2 Å². The number of halogens is 2. The highest BCUT2D eigenvalue weighted by Gasteiger charge is 2.07. The average molecular weight is 292 g/mol. The molecule has 7 heteroatoms. The molecule has 0 aromatic heterocycles. The lowest BCUT2D eigenvalue weighted by Gasteiger charge is -2.06. The molecule has 0 aliphatic heterocycles. The van der Waals surface area contributed by atoms with Crippen molar-refractivity contribution in [3.63, 3.8) is 0 Å². The Balaban J connectivity index is 2.36. The van der Waals surface area contributed by atoms with Gasteiger partial charge in [-0.2, -0.15) is 0 Å². The molecule has 0 unspecified atom stereocenters. The Morgan fingerprint density at radius 2 is 2.00 bits per heavy atom. The maximum Gasteiger partial charge on any atom is 0.329 e. The van der Waals surface area contributed by atoms with Gasteiger partial charge >= 0.3 is 5.97 Å². The van der Waals surface area contributed by atoms with Gasteiger partial charge in [0, 0.05) is 12.1 Å². The number of rotatable bonds is 6. The predicted molar refractivity (Wildman–Crippen MR) is 67.3 cm³/mol. The Morgan fingerprint density at radius 3 is 2.61 bits per heavy atom. The molecular weight excluding hydrogens is 281 g/mol. The molecule has 1 rings (SSSR count). The van der Waals surface area contributed by atoms with Gasteiger partial charge < -0.3 is 15.2 Å². The standard InChI is InChI=1S/C11H11Cl2NO4/c12-8-2-1-7(5-9(8)13)11(17)14-3-4-18-6-10(15)16/h1-2,5H,3-4,6H2,(H,14,17)(H,15,16). The normalized spacial score (nSPS) is 10.1. The second-order valence-electron chi connectivity index (χ2n) is 3.33. The van der Waals surface area contributed by atoms with Crippen molar-refractivity contribution < 1.29 is 19.4 Å². The highest BCUT2D eigenvalue weighted by Crippen LogP contribution is 2.22. The molecule has 0 heterocycles. The zero-order valence-corrected chi connectivity index (χ0v) is 10.8. The summed E-state index contributed by atoms with van der Waals surface area (Å²) in [4.78, 5) is 21.8. The van der Waals surface area contributed by atoms with E-state index in [0.717, 1.165) is 0 Å². The van der Waals surface area contributed by atoms with Crippen molar-refractivity contribution in [1.82, 2.24) is 5.32 Å². The summed E-state index contributed by atoms with van der Waals surface area (Å²) < 4.78 is 4.76. The summed E-state index contributed by atoms with van der Waals surface area (Å²) in [6, 6.07) is 4.53. The van der Waals surface area contributed by atoms with E-state index in [1.54, 1.807) is 6.07 Å². The first-order valence-electron chi connectivity index (χ1n) is 5.03. The molecule has 0 aliphatic rings. The zero-order chi connectivity index (χ0) is 13.5. The molecule has 98 valence electrons. The molecule has 1 aromatic carbocycles. The Labute approximate surface area is 114 Å². The van der Waals surface area contributed by atoms with Crippen LogP contribution in [0.5, 0.6) is 0 Å². The third-order valence-corrected chi connectivity index (χ3v) is 2.68. The van der Waals surface area contributed by atoms with Gasteiger partial charge in [-0.3, -0.25) is 4.79 Å². The van der Waals surface area contributed by atoms with Crippen LogP contribution in [0.25, 0.3) is 0 Å². The zero-order valence-electron chi connectivity index (χ0n) is 9.28. The van der Waals surface area contributed by atoms with Gasteiger partial charge in [0.2, 0.25) is 0 Å². The molecule has 2 N–H and O–H groups in total. The molecule has 1 amide bonds. The number of aliphatic carboxylic acids is 1. The van der Waals surface area contributed by atoms with Crippen LogP contribution in [0.1, 0.15) is 10.4 Å². The van der Waals surface area contributed by atoms with E-state index in [0.29, 0.717) is 15.6 Å². The maximum atomic E-state index is 11.6. The number of carbonyl (C=O) groups is 2. The molecule has 0 fully saturated rings. The van der Waals surface area contributed by atoms with Crippen molar-refractivity contribution in [3.05, 3.63) is 33.8 Å². The van der Waals surface area contributed by atoms with E-state index >= 15 is 0 Å². The summed E-state index contributed by atoms with van der Waals surface area (Å²) in [5.74, 6) is -1.38. The SMILES string of the molecule is O=C(O)COCCNC(=O)c1ccc(Cl)c(Cl)c1. The lowest BCUT2D eigenvalue weighted by atomic mass is 10.2. The van der Waals surface area contributed by atoms with Crippen molar-refractivity contribution in [2.45, 2.75) is 0 Å². The Hall–Kier alpha value is -1.30. The summed E-state index contributed by atoms with van der Waals surface area (Å²) in [5, 5.41) is 11.5. The van der Waals surface area contributed by atoms with E-state index in [-0.39, 0.29) is 25.7 Å². The molecule has 0 aliphatic carbocycles. The van der Waals surface area contributed by atoms with Crippen LogP contribution in [0.2, 0.25) is 10.0 Å². The fourth-order valence-corrected chi connectivity index (χ4v) is 1.43. The highest BCUT2D eigenvalue weighted by molar-refractivity contribution is 6.42. The highest BCUT2D eigenvalue weighted by atomic mass is 35.5.